The summed E-state index contributed by atoms with van der Waals surface area (Å²) in [5, 5.41) is 0. The van der Waals surface area contributed by atoms with E-state index >= 15 is 0 Å². The van der Waals surface area contributed by atoms with Crippen LogP contribution in [-0.2, 0) is 44.7 Å². The zero-order valence-electron chi connectivity index (χ0n) is 31.7. The van der Waals surface area contributed by atoms with Gasteiger partial charge in [0.05, 0.1) is 25.7 Å². The van der Waals surface area contributed by atoms with Crippen molar-refractivity contribution >= 4 is 23.7 Å². The topological polar surface area (TPSA) is 105 Å². The lowest BCUT2D eigenvalue weighted by Gasteiger charge is -2.70. The second-order valence-corrected chi connectivity index (χ2v) is 18.2. The molecule has 5 aliphatic rings. The van der Waals surface area contributed by atoms with Crippen LogP contribution in [0.5, 0.6) is 0 Å². The van der Waals surface area contributed by atoms with E-state index in [0.29, 0.717) is 12.8 Å². The third-order valence-corrected chi connectivity index (χ3v) is 15.3. The van der Waals surface area contributed by atoms with E-state index in [9.17, 15) is 19.2 Å². The van der Waals surface area contributed by atoms with Crippen molar-refractivity contribution in [2.24, 2.45) is 50.2 Å². The molecule has 0 bridgehead atoms. The van der Waals surface area contributed by atoms with Crippen LogP contribution in [0.15, 0.2) is 42.0 Å². The lowest BCUT2D eigenvalue weighted by molar-refractivity contribution is -0.220. The fourth-order valence-electron chi connectivity index (χ4n) is 12.1. The molecule has 6 rings (SSSR count). The normalized spacial score (nSPS) is 40.3. The van der Waals surface area contributed by atoms with Crippen LogP contribution in [0.2, 0.25) is 0 Å². The van der Waals surface area contributed by atoms with E-state index in [0.717, 1.165) is 50.5 Å². The summed E-state index contributed by atoms with van der Waals surface area (Å²) < 4.78 is 22.0. The molecule has 0 saturated heterocycles. The van der Waals surface area contributed by atoms with Crippen LogP contribution in [0.1, 0.15) is 112 Å². The Morgan fingerprint density at radius 3 is 2.10 bits per heavy atom. The molecule has 8 nitrogen and oxygen atoms in total. The van der Waals surface area contributed by atoms with Gasteiger partial charge in [0, 0.05) is 5.92 Å². The summed E-state index contributed by atoms with van der Waals surface area (Å²) in [5.41, 5.74) is 0.494. The maximum atomic E-state index is 14.8. The summed E-state index contributed by atoms with van der Waals surface area (Å²) in [5.74, 6) is -1.36. The third-order valence-electron chi connectivity index (χ3n) is 15.3. The number of hydrogen-bond acceptors (Lipinski definition) is 8. The number of benzene rings is 1. The number of methoxy groups -OCH3 is 2. The van der Waals surface area contributed by atoms with Gasteiger partial charge >= 0.3 is 17.9 Å². The van der Waals surface area contributed by atoms with Crippen molar-refractivity contribution in [2.45, 2.75) is 125 Å². The Labute approximate surface area is 298 Å². The zero-order valence-corrected chi connectivity index (χ0v) is 31.7. The Hall–Kier alpha value is -3.00. The minimum atomic E-state index is -1.44. The largest absolute Gasteiger partial charge is 0.467 e. The minimum absolute atomic E-state index is 0.0301. The lowest BCUT2D eigenvalue weighted by Crippen LogP contribution is -2.67. The number of carbonyl (C=O) groups excluding carboxylic acids is 4. The molecule has 9 atom stereocenters. The van der Waals surface area contributed by atoms with Gasteiger partial charge in [-0.3, -0.25) is 9.59 Å². The molecule has 5 aliphatic carbocycles. The fourth-order valence-corrected chi connectivity index (χ4v) is 12.1. The average molecular weight is 691 g/mol. The standard InChI is InChI=1S/C42H58O8/c1-37(2)30-15-18-42(7)33(40(30,5)17-16-31(37)50-32(34(44)47-8)35(45)48-9)29(43)23-27-28-24-39(4,20-19-38(28,3)21-22-41(27,42)6)36(46)49-25-26-13-11-10-12-14-26/h10-14,23,28,30-33H,15-22,24-25H2,1-9H3/t28-,30-,31-,33?,38+,39-,40-,41+,42+/m0/s1. The van der Waals surface area contributed by atoms with E-state index in [-0.39, 0.29) is 63.9 Å². The van der Waals surface area contributed by atoms with Gasteiger partial charge in [-0.1, -0.05) is 77.4 Å². The number of rotatable bonds is 7. The van der Waals surface area contributed by atoms with Gasteiger partial charge in [0.15, 0.2) is 5.78 Å². The van der Waals surface area contributed by atoms with Gasteiger partial charge in [-0.2, -0.15) is 0 Å². The molecule has 0 aliphatic heterocycles. The Balaban J connectivity index is 1.29. The van der Waals surface area contributed by atoms with Crippen LogP contribution in [0, 0.1) is 50.2 Å². The Morgan fingerprint density at radius 2 is 1.46 bits per heavy atom. The summed E-state index contributed by atoms with van der Waals surface area (Å²) in [7, 11) is 2.48. The second-order valence-electron chi connectivity index (χ2n) is 18.2. The van der Waals surface area contributed by atoms with Gasteiger partial charge < -0.3 is 18.9 Å². The molecule has 0 amide bonds. The molecule has 1 aromatic carbocycles. The fraction of sp³-hybridized carbons (Fsp3) is 0.714. The molecule has 274 valence electrons. The first-order valence-corrected chi connectivity index (χ1v) is 18.7. The predicted molar refractivity (Wildman–Crippen MR) is 188 cm³/mol. The summed E-state index contributed by atoms with van der Waals surface area (Å²) in [4.78, 5) is 53.7. The maximum Gasteiger partial charge on any atom is 0.346 e. The van der Waals surface area contributed by atoms with Crippen molar-refractivity contribution in [3.05, 3.63) is 47.5 Å². The second kappa shape index (κ2) is 12.6. The van der Waals surface area contributed by atoms with Crippen molar-refractivity contribution in [3.63, 3.8) is 0 Å². The van der Waals surface area contributed by atoms with Crippen molar-refractivity contribution in [2.75, 3.05) is 14.2 Å². The van der Waals surface area contributed by atoms with Gasteiger partial charge in [-0.05, 0) is 115 Å². The monoisotopic (exact) mass is 690 g/mol. The van der Waals surface area contributed by atoms with Gasteiger partial charge in [0.2, 0.25) is 0 Å². The highest BCUT2D eigenvalue weighted by Gasteiger charge is 2.70. The molecule has 50 heavy (non-hydrogen) atoms. The van der Waals surface area contributed by atoms with Crippen LogP contribution >= 0.6 is 0 Å². The number of esters is 3. The molecule has 1 aromatic rings. The average Bonchev–Trinajstić information content (AvgIpc) is 3.08. The lowest BCUT2D eigenvalue weighted by atomic mass is 9.33. The number of ether oxygens (including phenoxy) is 4. The van der Waals surface area contributed by atoms with Crippen molar-refractivity contribution in [1.29, 1.82) is 0 Å². The van der Waals surface area contributed by atoms with E-state index in [2.05, 4.69) is 48.5 Å². The number of ketones is 1. The molecule has 4 fully saturated rings. The number of carbonyl (C=O) groups is 4. The summed E-state index contributed by atoms with van der Waals surface area (Å²) in [6.07, 6.45) is 7.89. The zero-order chi connectivity index (χ0) is 36.5. The Bertz CT molecular complexity index is 1550. The minimum Gasteiger partial charge on any atom is -0.467 e. The molecule has 0 N–H and O–H groups in total. The van der Waals surface area contributed by atoms with Gasteiger partial charge in [0.25, 0.3) is 6.10 Å². The van der Waals surface area contributed by atoms with Crippen molar-refractivity contribution in [3.8, 4) is 0 Å². The molecule has 4 saturated carbocycles. The highest BCUT2D eigenvalue weighted by molar-refractivity contribution is 5.98. The molecular weight excluding hydrogens is 632 g/mol. The first-order chi connectivity index (χ1) is 23.4. The molecule has 0 aromatic heterocycles. The summed E-state index contributed by atoms with van der Waals surface area (Å²) in [6, 6.07) is 9.83. The predicted octanol–water partition coefficient (Wildman–Crippen LogP) is 7.81. The van der Waals surface area contributed by atoms with Gasteiger partial charge in [0.1, 0.15) is 6.61 Å². The van der Waals surface area contributed by atoms with Crippen molar-refractivity contribution in [1.82, 2.24) is 0 Å². The van der Waals surface area contributed by atoms with E-state index in [1.165, 1.54) is 19.8 Å². The summed E-state index contributed by atoms with van der Waals surface area (Å²) >= 11 is 0. The highest BCUT2D eigenvalue weighted by atomic mass is 16.6. The number of fused-ring (bicyclic) bond motifs is 7. The first kappa shape index (κ1) is 36.8. The quantitative estimate of drug-likeness (QED) is 0.162. The smallest absolute Gasteiger partial charge is 0.346 e. The summed E-state index contributed by atoms with van der Waals surface area (Å²) in [6.45, 7) is 16.1. The van der Waals surface area contributed by atoms with Crippen LogP contribution in [0.25, 0.3) is 0 Å². The number of allylic oxidation sites excluding steroid dienone is 2. The first-order valence-electron chi connectivity index (χ1n) is 18.7. The van der Waals surface area contributed by atoms with Gasteiger partial charge in [-0.15, -0.1) is 0 Å². The van der Waals surface area contributed by atoms with Crippen LogP contribution in [0.4, 0.5) is 0 Å². The maximum absolute atomic E-state index is 14.8. The Kier molecular flexibility index (Phi) is 9.26. The van der Waals surface area contributed by atoms with E-state index in [1.807, 2.05) is 36.4 Å². The third kappa shape index (κ3) is 5.49. The highest BCUT2D eigenvalue weighted by Crippen LogP contribution is 2.75. The van der Waals surface area contributed by atoms with E-state index < -0.39 is 28.9 Å². The van der Waals surface area contributed by atoms with Crippen LogP contribution in [0.3, 0.4) is 0 Å². The van der Waals surface area contributed by atoms with Crippen molar-refractivity contribution < 1.29 is 38.1 Å². The molecular formula is C42H58O8. The Morgan fingerprint density at radius 1 is 0.820 bits per heavy atom. The SMILES string of the molecule is COC(=O)C(O[C@H]1CC[C@]2(C)C3C(=O)C=C4[C@@H]5C[C@@](C)(C(=O)OCc6ccccc6)CC[C@]5(C)CC[C@@]4(C)[C@]3(C)CC[C@H]2C1(C)C)C(=O)OC. The van der Waals surface area contributed by atoms with Crippen LogP contribution in [-0.4, -0.2) is 50.1 Å². The van der Waals surface area contributed by atoms with Gasteiger partial charge in [-0.25, -0.2) is 9.59 Å². The molecule has 0 radical (unpaired) electrons. The van der Waals surface area contributed by atoms with E-state index in [1.54, 1.807) is 0 Å². The molecule has 0 spiro atoms. The number of hydrogen-bond donors (Lipinski definition) is 0. The molecule has 0 heterocycles. The molecule has 1 unspecified atom stereocenters. The molecule has 8 heteroatoms. The van der Waals surface area contributed by atoms with E-state index in [4.69, 9.17) is 18.9 Å². The van der Waals surface area contributed by atoms with Crippen LogP contribution < -0.4 is 0 Å².